The molecule has 2 fully saturated rings. The molecule has 1 amide bonds. The zero-order chi connectivity index (χ0) is 14.2. The Morgan fingerprint density at radius 1 is 1.09 bits per heavy atom. The molecule has 3 atom stereocenters. The Morgan fingerprint density at radius 2 is 1.82 bits per heavy atom. The summed E-state index contributed by atoms with van der Waals surface area (Å²) in [5.41, 5.74) is 2.63. The van der Waals surface area contributed by atoms with Crippen LogP contribution in [0.5, 0.6) is 0 Å². The van der Waals surface area contributed by atoms with Gasteiger partial charge in [-0.15, -0.1) is 12.4 Å². The smallest absolute Gasteiger partial charge is 0.227 e. The molecule has 120 valence electrons. The number of nitrogens with one attached hydrogen (secondary N) is 2. The quantitative estimate of drug-likeness (QED) is 0.879. The van der Waals surface area contributed by atoms with E-state index in [2.05, 4.69) is 34.9 Å². The molecule has 0 aromatic heterocycles. The fraction of sp³-hybridized carbons (Fsp3) is 0.611. The molecule has 2 bridgehead atoms. The van der Waals surface area contributed by atoms with Crippen LogP contribution in [0.3, 0.4) is 0 Å². The number of piperidine rings is 1. The van der Waals surface area contributed by atoms with Crippen molar-refractivity contribution in [3.63, 3.8) is 0 Å². The van der Waals surface area contributed by atoms with E-state index >= 15 is 0 Å². The first-order chi connectivity index (χ1) is 10.3. The molecule has 3 unspecified atom stereocenters. The molecule has 0 spiro atoms. The lowest BCUT2D eigenvalue weighted by Gasteiger charge is -2.32. The van der Waals surface area contributed by atoms with E-state index in [9.17, 15) is 4.79 Å². The molecule has 0 radical (unpaired) electrons. The number of benzene rings is 1. The standard InChI is InChI=1S/C18H24N2O.ClH/c21-18(20-15-10-13-8-9-14(11-15)19-13)17-7-3-5-12-4-1-2-6-16(12)17;/h1-2,4,6,13-15,17,19H,3,5,7-11H2,(H,20,21);1H. The number of aryl methyl sites for hydroxylation is 1. The summed E-state index contributed by atoms with van der Waals surface area (Å²) in [4.78, 5) is 12.7. The molecule has 1 aromatic carbocycles. The second-order valence-corrected chi connectivity index (χ2v) is 6.96. The van der Waals surface area contributed by atoms with Crippen LogP contribution < -0.4 is 10.6 Å². The average Bonchev–Trinajstić information content (AvgIpc) is 2.85. The van der Waals surface area contributed by atoms with E-state index in [1.54, 1.807) is 0 Å². The third-order valence-corrected chi connectivity index (χ3v) is 5.51. The topological polar surface area (TPSA) is 41.1 Å². The second kappa shape index (κ2) is 6.59. The molecule has 2 N–H and O–H groups in total. The van der Waals surface area contributed by atoms with Gasteiger partial charge in [0.25, 0.3) is 0 Å². The maximum absolute atomic E-state index is 12.7. The van der Waals surface area contributed by atoms with E-state index in [-0.39, 0.29) is 24.2 Å². The fourth-order valence-corrected chi connectivity index (χ4v) is 4.50. The van der Waals surface area contributed by atoms with Gasteiger partial charge in [0, 0.05) is 18.1 Å². The van der Waals surface area contributed by atoms with Gasteiger partial charge in [-0.25, -0.2) is 0 Å². The predicted octanol–water partition coefficient (Wildman–Crippen LogP) is 2.93. The van der Waals surface area contributed by atoms with E-state index in [4.69, 9.17) is 0 Å². The number of halogens is 1. The fourth-order valence-electron chi connectivity index (χ4n) is 4.50. The van der Waals surface area contributed by atoms with Gasteiger partial charge in [0.05, 0.1) is 5.92 Å². The van der Waals surface area contributed by atoms with Gasteiger partial charge in [0.1, 0.15) is 0 Å². The highest BCUT2D eigenvalue weighted by Crippen LogP contribution is 2.32. The largest absolute Gasteiger partial charge is 0.353 e. The van der Waals surface area contributed by atoms with Crippen molar-refractivity contribution in [3.8, 4) is 0 Å². The molecule has 2 saturated heterocycles. The number of carbonyl (C=O) groups excluding carboxylic acids is 1. The summed E-state index contributed by atoms with van der Waals surface area (Å²) in [6, 6.07) is 10.1. The van der Waals surface area contributed by atoms with Crippen molar-refractivity contribution < 1.29 is 4.79 Å². The summed E-state index contributed by atoms with van der Waals surface area (Å²) < 4.78 is 0. The Morgan fingerprint density at radius 3 is 2.59 bits per heavy atom. The summed E-state index contributed by atoms with van der Waals surface area (Å²) in [5.74, 6) is 0.330. The van der Waals surface area contributed by atoms with Gasteiger partial charge >= 0.3 is 0 Å². The SMILES string of the molecule is Cl.O=C(NC1CC2CCC(C1)N2)C1CCCc2ccccc21. The lowest BCUT2D eigenvalue weighted by molar-refractivity contribution is -0.123. The third kappa shape index (κ3) is 3.02. The number of amides is 1. The molecule has 1 aliphatic carbocycles. The van der Waals surface area contributed by atoms with Crippen LogP contribution in [0.2, 0.25) is 0 Å². The predicted molar refractivity (Wildman–Crippen MR) is 90.5 cm³/mol. The number of carbonyl (C=O) groups is 1. The summed E-state index contributed by atoms with van der Waals surface area (Å²) in [5, 5.41) is 6.99. The highest BCUT2D eigenvalue weighted by molar-refractivity contribution is 5.85. The molecular formula is C18H25ClN2O. The first kappa shape index (κ1) is 15.8. The van der Waals surface area contributed by atoms with Crippen molar-refractivity contribution >= 4 is 18.3 Å². The minimum absolute atomic E-state index is 0. The third-order valence-electron chi connectivity index (χ3n) is 5.51. The lowest BCUT2D eigenvalue weighted by Crippen LogP contribution is -2.49. The molecule has 2 aliphatic heterocycles. The van der Waals surface area contributed by atoms with Gasteiger partial charge in [0.2, 0.25) is 5.91 Å². The summed E-state index contributed by atoms with van der Waals surface area (Å²) in [6.45, 7) is 0. The van der Waals surface area contributed by atoms with Crippen LogP contribution in [0, 0.1) is 0 Å². The van der Waals surface area contributed by atoms with Gasteiger partial charge in [-0.05, 0) is 56.1 Å². The van der Waals surface area contributed by atoms with Gasteiger partial charge in [-0.2, -0.15) is 0 Å². The zero-order valence-electron chi connectivity index (χ0n) is 12.9. The molecule has 1 aromatic rings. The van der Waals surface area contributed by atoms with Crippen LogP contribution in [0.15, 0.2) is 24.3 Å². The van der Waals surface area contributed by atoms with Crippen molar-refractivity contribution in [2.45, 2.75) is 69.0 Å². The van der Waals surface area contributed by atoms with Crippen LogP contribution in [-0.4, -0.2) is 24.0 Å². The van der Waals surface area contributed by atoms with Crippen LogP contribution in [0.4, 0.5) is 0 Å². The molecule has 0 saturated carbocycles. The van der Waals surface area contributed by atoms with E-state index in [0.29, 0.717) is 18.1 Å². The Kier molecular flexibility index (Phi) is 4.74. The minimum Gasteiger partial charge on any atom is -0.353 e. The van der Waals surface area contributed by atoms with Crippen LogP contribution in [-0.2, 0) is 11.2 Å². The van der Waals surface area contributed by atoms with E-state index < -0.39 is 0 Å². The Labute approximate surface area is 138 Å². The van der Waals surface area contributed by atoms with Crippen molar-refractivity contribution in [2.24, 2.45) is 0 Å². The average molecular weight is 321 g/mol. The van der Waals surface area contributed by atoms with Crippen LogP contribution >= 0.6 is 12.4 Å². The number of hydrogen-bond donors (Lipinski definition) is 2. The summed E-state index contributed by atoms with van der Waals surface area (Å²) in [7, 11) is 0. The van der Waals surface area contributed by atoms with Gasteiger partial charge in [-0.3, -0.25) is 4.79 Å². The van der Waals surface area contributed by atoms with Gasteiger partial charge < -0.3 is 10.6 Å². The Hall–Kier alpha value is -1.06. The first-order valence-corrected chi connectivity index (χ1v) is 8.44. The maximum atomic E-state index is 12.7. The molecular weight excluding hydrogens is 296 g/mol. The lowest BCUT2D eigenvalue weighted by atomic mass is 9.82. The van der Waals surface area contributed by atoms with Crippen molar-refractivity contribution in [1.82, 2.24) is 10.6 Å². The number of rotatable bonds is 2. The van der Waals surface area contributed by atoms with Crippen molar-refractivity contribution in [3.05, 3.63) is 35.4 Å². The Balaban J connectivity index is 0.00000144. The van der Waals surface area contributed by atoms with Gasteiger partial charge in [0.15, 0.2) is 0 Å². The summed E-state index contributed by atoms with van der Waals surface area (Å²) >= 11 is 0. The first-order valence-electron chi connectivity index (χ1n) is 8.44. The van der Waals surface area contributed by atoms with Crippen LogP contribution in [0.1, 0.15) is 55.6 Å². The maximum Gasteiger partial charge on any atom is 0.227 e. The number of hydrogen-bond acceptors (Lipinski definition) is 2. The number of fused-ring (bicyclic) bond motifs is 3. The highest BCUT2D eigenvalue weighted by atomic mass is 35.5. The van der Waals surface area contributed by atoms with E-state index in [1.165, 1.54) is 24.0 Å². The summed E-state index contributed by atoms with van der Waals surface area (Å²) in [6.07, 6.45) is 8.03. The molecule has 3 nitrogen and oxygen atoms in total. The molecule has 4 rings (SSSR count). The van der Waals surface area contributed by atoms with Crippen LogP contribution in [0.25, 0.3) is 0 Å². The molecule has 2 heterocycles. The van der Waals surface area contributed by atoms with Crippen molar-refractivity contribution in [1.29, 1.82) is 0 Å². The minimum atomic E-state index is 0. The molecule has 3 aliphatic rings. The van der Waals surface area contributed by atoms with Crippen molar-refractivity contribution in [2.75, 3.05) is 0 Å². The zero-order valence-corrected chi connectivity index (χ0v) is 13.7. The van der Waals surface area contributed by atoms with E-state index in [0.717, 1.165) is 32.1 Å². The highest BCUT2D eigenvalue weighted by Gasteiger charge is 2.35. The normalized spacial score (nSPS) is 32.7. The second-order valence-electron chi connectivity index (χ2n) is 6.96. The monoisotopic (exact) mass is 320 g/mol. The van der Waals surface area contributed by atoms with Gasteiger partial charge in [-0.1, -0.05) is 24.3 Å². The van der Waals surface area contributed by atoms with E-state index in [1.807, 2.05) is 0 Å². The Bertz CT molecular complexity index is 536. The molecule has 22 heavy (non-hydrogen) atoms. The molecule has 4 heteroatoms.